The minimum Gasteiger partial charge on any atom is -0.504 e. The molecule has 6 nitrogen and oxygen atoms in total. The summed E-state index contributed by atoms with van der Waals surface area (Å²) in [5.74, 6) is 0.716. The summed E-state index contributed by atoms with van der Waals surface area (Å²) in [5, 5.41) is 22.8. The van der Waals surface area contributed by atoms with E-state index in [0.29, 0.717) is 5.75 Å². The molecule has 33 heavy (non-hydrogen) atoms. The van der Waals surface area contributed by atoms with Crippen LogP contribution < -0.4 is 10.1 Å². The molecule has 2 aromatic carbocycles. The van der Waals surface area contributed by atoms with Gasteiger partial charge >= 0.3 is 5.97 Å². The minimum atomic E-state index is -0.970. The number of thiazole rings is 1. The van der Waals surface area contributed by atoms with Crippen molar-refractivity contribution in [1.82, 2.24) is 10.3 Å². The molecule has 7 heteroatoms. The zero-order chi connectivity index (χ0) is 24.0. The molecule has 1 saturated carbocycles. The van der Waals surface area contributed by atoms with E-state index in [-0.39, 0.29) is 11.4 Å². The molecule has 0 saturated heterocycles. The average Bonchev–Trinajstić information content (AvgIpc) is 3.53. The molecule has 176 valence electrons. The number of nitrogens with one attached hydrogen (secondary N) is 1. The first kappa shape index (κ1) is 24.7. The van der Waals surface area contributed by atoms with Crippen molar-refractivity contribution in [3.63, 3.8) is 0 Å². The number of aromatic nitrogens is 1. The van der Waals surface area contributed by atoms with E-state index in [1.54, 1.807) is 13.2 Å². The number of aromatic hydroxyl groups is 1. The van der Waals surface area contributed by atoms with Crippen molar-refractivity contribution in [2.45, 2.75) is 40.0 Å². The lowest BCUT2D eigenvalue weighted by Crippen LogP contribution is -2.19. The number of ether oxygens (including phenoxy) is 1. The number of aryl methyl sites for hydroxylation is 3. The van der Waals surface area contributed by atoms with Crippen LogP contribution in [0.5, 0.6) is 11.5 Å². The van der Waals surface area contributed by atoms with E-state index < -0.39 is 5.97 Å². The average molecular weight is 469 g/mol. The predicted octanol–water partition coefficient (Wildman–Crippen LogP) is 5.38. The summed E-state index contributed by atoms with van der Waals surface area (Å²) in [4.78, 5) is 15.9. The Balaban J connectivity index is 0.000000186. The molecule has 1 aromatic heterocycles. The van der Waals surface area contributed by atoms with Gasteiger partial charge < -0.3 is 20.3 Å². The third kappa shape index (κ3) is 7.04. The Hall–Kier alpha value is -2.90. The van der Waals surface area contributed by atoms with E-state index in [2.05, 4.69) is 10.3 Å². The van der Waals surface area contributed by atoms with Crippen LogP contribution in [0.25, 0.3) is 10.4 Å². The zero-order valence-corrected chi connectivity index (χ0v) is 20.5. The Kier molecular flexibility index (Phi) is 8.47. The molecule has 1 heterocycles. The smallest absolute Gasteiger partial charge is 0.356 e. The number of carbonyl (C=O) groups is 1. The number of hydrogen-bond donors (Lipinski definition) is 3. The fraction of sp³-hybridized carbons (Fsp3) is 0.385. The van der Waals surface area contributed by atoms with Gasteiger partial charge in [-0.15, -0.1) is 11.3 Å². The van der Waals surface area contributed by atoms with Crippen molar-refractivity contribution in [2.75, 3.05) is 20.2 Å². The lowest BCUT2D eigenvalue weighted by atomic mass is 10.0. The number of rotatable bonds is 8. The summed E-state index contributed by atoms with van der Waals surface area (Å²) in [6.45, 7) is 8.02. The number of phenolic OH excluding ortho intramolecular Hbond substituents is 1. The monoisotopic (exact) mass is 468 g/mol. The van der Waals surface area contributed by atoms with Crippen LogP contribution in [0.2, 0.25) is 0 Å². The van der Waals surface area contributed by atoms with Gasteiger partial charge in [-0.05, 0) is 93.4 Å². The molecular formula is C26H32N2O4S. The van der Waals surface area contributed by atoms with E-state index in [1.165, 1.54) is 35.3 Å². The maximum Gasteiger partial charge on any atom is 0.356 e. The molecule has 0 aliphatic heterocycles. The molecule has 0 unspecified atom stereocenters. The summed E-state index contributed by atoms with van der Waals surface area (Å²) < 4.78 is 5.07. The SMILES string of the molecule is COc1cc(CCNCC2CC2)ccc1O.Cc1nc(C(=O)O)c(-c2ccc(C)c(C)c2)s1. The summed E-state index contributed by atoms with van der Waals surface area (Å²) in [6.07, 6.45) is 3.75. The summed E-state index contributed by atoms with van der Waals surface area (Å²) in [6, 6.07) is 11.5. The molecule has 1 aliphatic rings. The van der Waals surface area contributed by atoms with Gasteiger partial charge in [-0.2, -0.15) is 0 Å². The second-order valence-corrected chi connectivity index (χ2v) is 9.62. The Labute approximate surface area is 199 Å². The Morgan fingerprint density at radius 1 is 1.15 bits per heavy atom. The molecule has 0 atom stereocenters. The molecule has 3 aromatic rings. The van der Waals surface area contributed by atoms with Crippen molar-refractivity contribution in [1.29, 1.82) is 0 Å². The van der Waals surface area contributed by atoms with Crippen molar-refractivity contribution in [2.24, 2.45) is 5.92 Å². The molecule has 3 N–H and O–H groups in total. The van der Waals surface area contributed by atoms with Gasteiger partial charge in [0.2, 0.25) is 0 Å². The number of carboxylic acids is 1. The van der Waals surface area contributed by atoms with Crippen LogP contribution in [0.4, 0.5) is 0 Å². The van der Waals surface area contributed by atoms with Crippen LogP contribution in [0.15, 0.2) is 36.4 Å². The maximum absolute atomic E-state index is 11.1. The number of benzene rings is 2. The third-order valence-corrected chi connectivity index (χ3v) is 6.69. The molecule has 0 amide bonds. The lowest BCUT2D eigenvalue weighted by Gasteiger charge is -2.07. The second kappa shape index (κ2) is 11.3. The van der Waals surface area contributed by atoms with E-state index >= 15 is 0 Å². The van der Waals surface area contributed by atoms with Crippen LogP contribution in [0, 0.1) is 26.7 Å². The summed E-state index contributed by atoms with van der Waals surface area (Å²) >= 11 is 1.42. The highest BCUT2D eigenvalue weighted by molar-refractivity contribution is 7.15. The van der Waals surface area contributed by atoms with Gasteiger partial charge in [0.15, 0.2) is 17.2 Å². The van der Waals surface area contributed by atoms with Crippen LogP contribution in [0.3, 0.4) is 0 Å². The highest BCUT2D eigenvalue weighted by atomic mass is 32.1. The normalized spacial score (nSPS) is 12.7. The van der Waals surface area contributed by atoms with Gasteiger partial charge in [-0.25, -0.2) is 9.78 Å². The first-order valence-electron chi connectivity index (χ1n) is 11.1. The first-order valence-corrected chi connectivity index (χ1v) is 11.9. The molecule has 0 spiro atoms. The number of phenols is 1. The Morgan fingerprint density at radius 2 is 1.91 bits per heavy atom. The standard InChI is InChI=1S/C13H13NO2S.C13H19NO2/c1-7-4-5-10(6-8(7)2)12-11(13(15)16)14-9(3)17-12;1-16-13-8-10(4-5-12(13)15)6-7-14-9-11-2-3-11/h4-6H,1-3H3,(H,15,16);4-5,8,11,14-15H,2-3,6-7,9H2,1H3. The number of aromatic carboxylic acids is 1. The van der Waals surface area contributed by atoms with Gasteiger partial charge in [-0.1, -0.05) is 24.3 Å². The van der Waals surface area contributed by atoms with Crippen LogP contribution in [-0.4, -0.2) is 41.4 Å². The third-order valence-electron chi connectivity index (χ3n) is 5.67. The zero-order valence-electron chi connectivity index (χ0n) is 19.6. The highest BCUT2D eigenvalue weighted by Gasteiger charge is 2.20. The minimum absolute atomic E-state index is 0.149. The topological polar surface area (TPSA) is 91.7 Å². The molecule has 0 bridgehead atoms. The fourth-order valence-corrected chi connectivity index (χ4v) is 4.30. The number of carboxylic acid groups (broad SMARTS) is 1. The Morgan fingerprint density at radius 3 is 2.55 bits per heavy atom. The molecular weight excluding hydrogens is 436 g/mol. The fourth-order valence-electron chi connectivity index (χ4n) is 3.39. The lowest BCUT2D eigenvalue weighted by molar-refractivity contribution is 0.0692. The summed E-state index contributed by atoms with van der Waals surface area (Å²) in [5.41, 5.74) is 4.63. The van der Waals surface area contributed by atoms with E-state index in [1.807, 2.05) is 51.1 Å². The van der Waals surface area contributed by atoms with Gasteiger partial charge in [0.25, 0.3) is 0 Å². The van der Waals surface area contributed by atoms with Crippen molar-refractivity contribution < 1.29 is 19.7 Å². The van der Waals surface area contributed by atoms with Gasteiger partial charge in [0.1, 0.15) is 0 Å². The van der Waals surface area contributed by atoms with Crippen LogP contribution in [0.1, 0.15) is 45.0 Å². The van der Waals surface area contributed by atoms with E-state index in [4.69, 9.17) is 9.84 Å². The van der Waals surface area contributed by atoms with E-state index in [9.17, 15) is 9.90 Å². The molecule has 4 rings (SSSR count). The van der Waals surface area contributed by atoms with Crippen LogP contribution in [-0.2, 0) is 6.42 Å². The maximum atomic E-state index is 11.1. The quantitative estimate of drug-likeness (QED) is 0.385. The summed E-state index contributed by atoms with van der Waals surface area (Å²) in [7, 11) is 1.57. The first-order chi connectivity index (χ1) is 15.8. The number of nitrogens with zero attached hydrogens (tertiary/aromatic N) is 1. The Bertz CT molecular complexity index is 1110. The van der Waals surface area contributed by atoms with Gasteiger partial charge in [0.05, 0.1) is 17.0 Å². The molecule has 1 aliphatic carbocycles. The second-order valence-electron chi connectivity index (χ2n) is 8.42. The number of hydrogen-bond acceptors (Lipinski definition) is 6. The molecule has 1 fully saturated rings. The van der Waals surface area contributed by atoms with E-state index in [0.717, 1.165) is 46.4 Å². The van der Waals surface area contributed by atoms with Crippen molar-refractivity contribution in [3.05, 3.63) is 63.8 Å². The van der Waals surface area contributed by atoms with Gasteiger partial charge in [0, 0.05) is 0 Å². The largest absolute Gasteiger partial charge is 0.504 e. The number of methoxy groups -OCH3 is 1. The molecule has 0 radical (unpaired) electrons. The van der Waals surface area contributed by atoms with Crippen molar-refractivity contribution in [3.8, 4) is 21.9 Å². The predicted molar refractivity (Wildman–Crippen MR) is 133 cm³/mol. The van der Waals surface area contributed by atoms with Gasteiger partial charge in [-0.3, -0.25) is 0 Å². The highest BCUT2D eigenvalue weighted by Crippen LogP contribution is 2.31. The van der Waals surface area contributed by atoms with Crippen molar-refractivity contribution >= 4 is 17.3 Å². The van der Waals surface area contributed by atoms with Crippen LogP contribution >= 0.6 is 11.3 Å².